The van der Waals surface area contributed by atoms with E-state index in [2.05, 4.69) is 26.2 Å². The number of nitrogens with zero attached hydrogens (tertiary/aromatic N) is 1. The molecule has 2 aromatic carbocycles. The Bertz CT molecular complexity index is 1100. The van der Waals surface area contributed by atoms with Crippen LogP contribution in [0.5, 0.6) is 11.5 Å². The summed E-state index contributed by atoms with van der Waals surface area (Å²) >= 11 is 4.63. The van der Waals surface area contributed by atoms with Crippen molar-refractivity contribution >= 4 is 44.8 Å². The minimum atomic E-state index is -0.580. The molecular formula is C21H17BrN2O5S. The van der Waals surface area contributed by atoms with Crippen LogP contribution in [0.2, 0.25) is 0 Å². The number of benzene rings is 2. The zero-order valence-corrected chi connectivity index (χ0v) is 18.3. The van der Waals surface area contributed by atoms with Crippen molar-refractivity contribution in [1.29, 1.82) is 0 Å². The summed E-state index contributed by atoms with van der Waals surface area (Å²) in [6.45, 7) is 2.24. The van der Waals surface area contributed by atoms with Gasteiger partial charge in [-0.3, -0.25) is 4.79 Å². The highest BCUT2D eigenvalue weighted by Crippen LogP contribution is 2.38. The molecule has 0 spiro atoms. The number of fused-ring (bicyclic) bond motifs is 1. The topological polar surface area (TPSA) is 86.8 Å². The maximum Gasteiger partial charge on any atom is 0.350 e. The van der Waals surface area contributed by atoms with Crippen molar-refractivity contribution in [3.8, 4) is 22.1 Å². The van der Waals surface area contributed by atoms with Crippen LogP contribution in [0.15, 0.2) is 46.9 Å². The summed E-state index contributed by atoms with van der Waals surface area (Å²) < 4.78 is 16.8. The summed E-state index contributed by atoms with van der Waals surface area (Å²) in [6, 6.07) is 13.0. The number of rotatable bonds is 5. The highest BCUT2D eigenvalue weighted by Gasteiger charge is 2.20. The van der Waals surface area contributed by atoms with Crippen LogP contribution in [-0.4, -0.2) is 36.7 Å². The molecule has 0 radical (unpaired) electrons. The Kier molecular flexibility index (Phi) is 6.01. The Morgan fingerprint density at radius 1 is 1.17 bits per heavy atom. The summed E-state index contributed by atoms with van der Waals surface area (Å²) in [5.41, 5.74) is 1.99. The summed E-state index contributed by atoms with van der Waals surface area (Å²) in [4.78, 5) is 29.5. The third-order valence-electron chi connectivity index (χ3n) is 4.24. The smallest absolute Gasteiger partial charge is 0.350 e. The number of aromatic nitrogens is 1. The van der Waals surface area contributed by atoms with E-state index in [1.165, 1.54) is 11.3 Å². The fraction of sp³-hybridized carbons (Fsp3) is 0.190. The maximum atomic E-state index is 12.4. The number of halogens is 1. The molecule has 0 aliphatic carbocycles. The van der Waals surface area contributed by atoms with Gasteiger partial charge in [0.25, 0.3) is 5.91 Å². The van der Waals surface area contributed by atoms with Crippen LogP contribution in [0.4, 0.5) is 5.69 Å². The van der Waals surface area contributed by atoms with Crippen molar-refractivity contribution in [3.05, 3.63) is 57.5 Å². The second kappa shape index (κ2) is 8.85. The van der Waals surface area contributed by atoms with Crippen LogP contribution in [0, 0.1) is 6.92 Å². The van der Waals surface area contributed by atoms with Gasteiger partial charge < -0.3 is 19.5 Å². The number of amides is 1. The molecule has 3 aromatic rings. The van der Waals surface area contributed by atoms with Crippen molar-refractivity contribution in [2.24, 2.45) is 0 Å². The molecule has 9 heteroatoms. The number of carbonyl (C=O) groups excluding carboxylic acids is 2. The zero-order chi connectivity index (χ0) is 21.1. The van der Waals surface area contributed by atoms with E-state index in [9.17, 15) is 9.59 Å². The maximum absolute atomic E-state index is 12.4. The largest absolute Gasteiger partial charge is 0.486 e. The number of thiazole rings is 1. The molecular weight excluding hydrogens is 472 g/mol. The Labute approximate surface area is 185 Å². The van der Waals surface area contributed by atoms with Crippen LogP contribution < -0.4 is 14.8 Å². The van der Waals surface area contributed by atoms with E-state index in [4.69, 9.17) is 14.2 Å². The van der Waals surface area contributed by atoms with Crippen molar-refractivity contribution in [2.45, 2.75) is 6.92 Å². The first kappa shape index (κ1) is 20.4. The Morgan fingerprint density at radius 3 is 2.60 bits per heavy atom. The lowest BCUT2D eigenvalue weighted by molar-refractivity contribution is -0.119. The molecule has 4 rings (SSSR count). The first-order chi connectivity index (χ1) is 14.5. The van der Waals surface area contributed by atoms with Crippen LogP contribution in [0.3, 0.4) is 0 Å². The lowest BCUT2D eigenvalue weighted by Gasteiger charge is -2.20. The lowest BCUT2D eigenvalue weighted by Crippen LogP contribution is -2.21. The molecule has 0 saturated heterocycles. The number of aryl methyl sites for hydroxylation is 1. The monoisotopic (exact) mass is 488 g/mol. The van der Waals surface area contributed by atoms with E-state index in [0.717, 1.165) is 10.6 Å². The Morgan fingerprint density at radius 2 is 1.87 bits per heavy atom. The van der Waals surface area contributed by atoms with Gasteiger partial charge in [-0.05, 0) is 22.9 Å². The average Bonchev–Trinajstić information content (AvgIpc) is 3.15. The van der Waals surface area contributed by atoms with Crippen LogP contribution >= 0.6 is 27.3 Å². The molecule has 30 heavy (non-hydrogen) atoms. The van der Waals surface area contributed by atoms with Gasteiger partial charge in [0.05, 0.1) is 11.4 Å². The predicted molar refractivity (Wildman–Crippen MR) is 116 cm³/mol. The third-order valence-corrected chi connectivity index (χ3v) is 6.09. The molecule has 0 fully saturated rings. The molecule has 7 nitrogen and oxygen atoms in total. The molecule has 1 amide bonds. The van der Waals surface area contributed by atoms with Crippen molar-refractivity contribution < 1.29 is 23.8 Å². The van der Waals surface area contributed by atoms with Gasteiger partial charge in [0, 0.05) is 22.2 Å². The van der Waals surface area contributed by atoms with E-state index in [0.29, 0.717) is 45.4 Å². The fourth-order valence-corrected chi connectivity index (χ4v) is 4.22. The van der Waals surface area contributed by atoms with Gasteiger partial charge in [0.2, 0.25) is 0 Å². The van der Waals surface area contributed by atoms with E-state index in [-0.39, 0.29) is 0 Å². The Hall–Kier alpha value is -2.91. The number of esters is 1. The van der Waals surface area contributed by atoms with Gasteiger partial charge in [-0.15, -0.1) is 11.3 Å². The minimum Gasteiger partial charge on any atom is -0.486 e. The van der Waals surface area contributed by atoms with Gasteiger partial charge in [-0.25, -0.2) is 9.78 Å². The van der Waals surface area contributed by atoms with Crippen molar-refractivity contribution in [2.75, 3.05) is 25.1 Å². The molecule has 0 atom stereocenters. The van der Waals surface area contributed by atoms with Crippen LogP contribution in [0.1, 0.15) is 15.4 Å². The second-order valence-corrected chi connectivity index (χ2v) is 8.25. The number of carbonyl (C=O) groups is 2. The highest BCUT2D eigenvalue weighted by molar-refractivity contribution is 9.10. The highest BCUT2D eigenvalue weighted by atomic mass is 79.9. The molecule has 0 bridgehead atoms. The molecule has 1 aliphatic heterocycles. The van der Waals surface area contributed by atoms with Crippen LogP contribution in [-0.2, 0) is 9.53 Å². The number of ether oxygens (including phenoxy) is 3. The SMILES string of the molecule is Cc1nc(-c2ccccc2)sc1C(=O)OCC(=O)Nc1cc2c(cc1Br)OCCO2. The van der Waals surface area contributed by atoms with Crippen molar-refractivity contribution in [1.82, 2.24) is 4.98 Å². The summed E-state index contributed by atoms with van der Waals surface area (Å²) in [6.07, 6.45) is 0. The van der Waals surface area contributed by atoms with Gasteiger partial charge in [-0.1, -0.05) is 30.3 Å². The standard InChI is InChI=1S/C21H17BrN2O5S/c1-12-19(30-20(23-12)13-5-3-2-4-6-13)21(26)29-11-18(25)24-15-10-17-16(9-14(15)22)27-7-8-28-17/h2-6,9-10H,7-8,11H2,1H3,(H,24,25). The second-order valence-electron chi connectivity index (χ2n) is 6.40. The normalized spacial score (nSPS) is 12.3. The number of hydrogen-bond donors (Lipinski definition) is 1. The Balaban J connectivity index is 1.39. The zero-order valence-electron chi connectivity index (χ0n) is 15.9. The first-order valence-electron chi connectivity index (χ1n) is 9.10. The first-order valence-corrected chi connectivity index (χ1v) is 10.7. The summed E-state index contributed by atoms with van der Waals surface area (Å²) in [5, 5.41) is 3.43. The van der Waals surface area contributed by atoms with Crippen LogP contribution in [0.25, 0.3) is 10.6 Å². The molecule has 2 heterocycles. The molecule has 0 unspecified atom stereocenters. The number of hydrogen-bond acceptors (Lipinski definition) is 7. The van der Waals surface area contributed by atoms with Gasteiger partial charge in [0.1, 0.15) is 23.1 Å². The van der Waals surface area contributed by atoms with E-state index >= 15 is 0 Å². The molecule has 0 saturated carbocycles. The van der Waals surface area contributed by atoms with Gasteiger partial charge in [-0.2, -0.15) is 0 Å². The predicted octanol–water partition coefficient (Wildman–Crippen LogP) is 4.45. The molecule has 1 aliphatic rings. The van der Waals surface area contributed by atoms with E-state index < -0.39 is 18.5 Å². The quantitative estimate of drug-likeness (QED) is 0.533. The summed E-state index contributed by atoms with van der Waals surface area (Å²) in [5.74, 6) is 0.104. The fourth-order valence-electron chi connectivity index (χ4n) is 2.83. The number of anilines is 1. The van der Waals surface area contributed by atoms with Gasteiger partial charge in [0.15, 0.2) is 18.1 Å². The van der Waals surface area contributed by atoms with E-state index in [1.54, 1.807) is 19.1 Å². The van der Waals surface area contributed by atoms with Gasteiger partial charge >= 0.3 is 5.97 Å². The molecule has 1 N–H and O–H groups in total. The summed E-state index contributed by atoms with van der Waals surface area (Å²) in [7, 11) is 0. The minimum absolute atomic E-state index is 0.377. The van der Waals surface area contributed by atoms with E-state index in [1.807, 2.05) is 30.3 Å². The third kappa shape index (κ3) is 4.47. The molecule has 154 valence electrons. The average molecular weight is 489 g/mol. The number of nitrogens with one attached hydrogen (secondary N) is 1. The van der Waals surface area contributed by atoms with Crippen molar-refractivity contribution in [3.63, 3.8) is 0 Å². The lowest BCUT2D eigenvalue weighted by atomic mass is 10.2. The molecule has 1 aromatic heterocycles.